The molecular weight excluding hydrogens is 342 g/mol. The minimum Gasteiger partial charge on any atom is -0.496 e. The molecule has 5 nitrogen and oxygen atoms in total. The molecule has 0 saturated heterocycles. The summed E-state index contributed by atoms with van der Waals surface area (Å²) in [7, 11) is 1.57. The van der Waals surface area contributed by atoms with Crippen LogP contribution in [0.3, 0.4) is 0 Å². The Labute approximate surface area is 159 Å². The van der Waals surface area contributed by atoms with E-state index in [4.69, 9.17) is 4.74 Å². The zero-order valence-corrected chi connectivity index (χ0v) is 15.5. The predicted molar refractivity (Wildman–Crippen MR) is 103 cm³/mol. The lowest BCUT2D eigenvalue weighted by Gasteiger charge is -2.25. The van der Waals surface area contributed by atoms with E-state index < -0.39 is 11.9 Å². The van der Waals surface area contributed by atoms with Crippen molar-refractivity contribution in [2.24, 2.45) is 5.92 Å². The average molecular weight is 367 g/mol. The molecule has 2 unspecified atom stereocenters. The highest BCUT2D eigenvalue weighted by atomic mass is 16.5. The van der Waals surface area contributed by atoms with Gasteiger partial charge in [-0.15, -0.1) is 0 Å². The topological polar surface area (TPSA) is 75.6 Å². The summed E-state index contributed by atoms with van der Waals surface area (Å²) in [5.41, 5.74) is 3.11. The van der Waals surface area contributed by atoms with Crippen LogP contribution >= 0.6 is 0 Å². The molecule has 2 N–H and O–H groups in total. The van der Waals surface area contributed by atoms with Crippen LogP contribution in [0.1, 0.15) is 35.4 Å². The van der Waals surface area contributed by atoms with Crippen molar-refractivity contribution in [3.05, 3.63) is 65.2 Å². The Balaban J connectivity index is 1.66. The first kappa shape index (κ1) is 19.0. The minimum absolute atomic E-state index is 0.0894. The summed E-state index contributed by atoms with van der Waals surface area (Å²) in [4.78, 5) is 24.4. The van der Waals surface area contributed by atoms with Gasteiger partial charge in [-0.1, -0.05) is 42.5 Å². The fraction of sp³-hybridized carbons (Fsp3) is 0.364. The van der Waals surface area contributed by atoms with Crippen molar-refractivity contribution >= 4 is 11.9 Å². The van der Waals surface area contributed by atoms with E-state index >= 15 is 0 Å². The molecule has 0 heterocycles. The molecule has 2 aromatic carbocycles. The highest BCUT2D eigenvalue weighted by molar-refractivity contribution is 5.85. The fourth-order valence-electron chi connectivity index (χ4n) is 3.76. The Morgan fingerprint density at radius 1 is 1.19 bits per heavy atom. The van der Waals surface area contributed by atoms with Crippen LogP contribution in [0, 0.1) is 5.92 Å². The average Bonchev–Trinajstić information content (AvgIpc) is 2.70. The molecule has 142 valence electrons. The zero-order valence-electron chi connectivity index (χ0n) is 15.5. The normalized spacial score (nSPS) is 16.9. The van der Waals surface area contributed by atoms with E-state index in [-0.39, 0.29) is 18.4 Å². The summed E-state index contributed by atoms with van der Waals surface area (Å²) in [6.07, 6.45) is 3.07. The van der Waals surface area contributed by atoms with Gasteiger partial charge in [0.15, 0.2) is 0 Å². The van der Waals surface area contributed by atoms with E-state index in [1.807, 2.05) is 42.5 Å². The summed E-state index contributed by atoms with van der Waals surface area (Å²) < 4.78 is 5.31. The third-order valence-electron chi connectivity index (χ3n) is 5.22. The van der Waals surface area contributed by atoms with E-state index in [9.17, 15) is 14.7 Å². The second-order valence-electron chi connectivity index (χ2n) is 6.94. The largest absolute Gasteiger partial charge is 0.496 e. The van der Waals surface area contributed by atoms with Crippen molar-refractivity contribution < 1.29 is 19.4 Å². The Hall–Kier alpha value is -2.82. The number of hydrogen-bond donors (Lipinski definition) is 2. The number of carbonyl (C=O) groups is 2. The van der Waals surface area contributed by atoms with Crippen LogP contribution in [0.15, 0.2) is 48.5 Å². The third kappa shape index (κ3) is 4.48. The molecule has 27 heavy (non-hydrogen) atoms. The zero-order chi connectivity index (χ0) is 19.2. The van der Waals surface area contributed by atoms with Gasteiger partial charge in [-0.3, -0.25) is 9.59 Å². The van der Waals surface area contributed by atoms with Crippen LogP contribution in [-0.2, 0) is 22.4 Å². The number of fused-ring (bicyclic) bond motifs is 1. The molecule has 0 saturated carbocycles. The van der Waals surface area contributed by atoms with Gasteiger partial charge in [-0.25, -0.2) is 0 Å². The summed E-state index contributed by atoms with van der Waals surface area (Å²) in [6, 6.07) is 15.4. The van der Waals surface area contributed by atoms with Crippen LogP contribution in [0.4, 0.5) is 0 Å². The molecule has 0 bridgehead atoms. The quantitative estimate of drug-likeness (QED) is 0.788. The number of ether oxygens (including phenoxy) is 1. The van der Waals surface area contributed by atoms with Gasteiger partial charge in [0.1, 0.15) is 5.75 Å². The monoisotopic (exact) mass is 367 g/mol. The van der Waals surface area contributed by atoms with Gasteiger partial charge in [0, 0.05) is 6.54 Å². The van der Waals surface area contributed by atoms with Crippen molar-refractivity contribution in [2.75, 3.05) is 13.7 Å². The third-order valence-corrected chi connectivity index (χ3v) is 5.22. The van der Waals surface area contributed by atoms with Gasteiger partial charge in [0.05, 0.1) is 18.9 Å². The molecule has 1 amide bonds. The molecule has 0 fully saturated rings. The molecule has 2 aromatic rings. The summed E-state index contributed by atoms with van der Waals surface area (Å²) in [5, 5.41) is 12.5. The number of carboxylic acids is 1. The molecule has 1 aliphatic rings. The molecular formula is C22H25NO4. The maximum Gasteiger partial charge on any atom is 0.308 e. The van der Waals surface area contributed by atoms with Crippen molar-refractivity contribution in [1.82, 2.24) is 5.32 Å². The minimum atomic E-state index is -0.926. The van der Waals surface area contributed by atoms with E-state index in [1.165, 1.54) is 5.56 Å². The Bertz CT molecular complexity index is 817. The standard InChI is InChI=1S/C22H25NO4/c1-27-20-12-5-3-8-16(20)13-17(22(25)26)14-23-21(24)19-11-6-9-15-7-2-4-10-18(15)19/h2-5,7-8,10,12,17,19H,6,9,11,13-14H2,1H3,(H,23,24)(H,25,26). The lowest BCUT2D eigenvalue weighted by Crippen LogP contribution is -2.37. The number of carbonyl (C=O) groups excluding carboxylic acids is 1. The van der Waals surface area contributed by atoms with E-state index in [1.54, 1.807) is 7.11 Å². The van der Waals surface area contributed by atoms with Crippen molar-refractivity contribution in [1.29, 1.82) is 0 Å². The lowest BCUT2D eigenvalue weighted by molar-refractivity contribution is -0.141. The summed E-state index contributed by atoms with van der Waals surface area (Å²) in [6.45, 7) is 0.102. The number of aryl methyl sites for hydroxylation is 1. The van der Waals surface area contributed by atoms with Crippen LogP contribution in [0.25, 0.3) is 0 Å². The number of carboxylic acid groups (broad SMARTS) is 1. The second kappa shape index (κ2) is 8.71. The smallest absolute Gasteiger partial charge is 0.308 e. The van der Waals surface area contributed by atoms with Gasteiger partial charge in [0.25, 0.3) is 0 Å². The van der Waals surface area contributed by atoms with Crippen LogP contribution in [-0.4, -0.2) is 30.6 Å². The molecule has 3 rings (SSSR count). The predicted octanol–water partition coefficient (Wildman–Crippen LogP) is 3.17. The summed E-state index contributed by atoms with van der Waals surface area (Å²) in [5.74, 6) is -1.25. The number of benzene rings is 2. The number of aliphatic carboxylic acids is 1. The Kier molecular flexibility index (Phi) is 6.12. The number of hydrogen-bond acceptors (Lipinski definition) is 3. The highest BCUT2D eigenvalue weighted by Gasteiger charge is 2.27. The van der Waals surface area contributed by atoms with Crippen molar-refractivity contribution in [2.45, 2.75) is 31.6 Å². The molecule has 2 atom stereocenters. The SMILES string of the molecule is COc1ccccc1CC(CNC(=O)C1CCCc2ccccc21)C(=O)O. The highest BCUT2D eigenvalue weighted by Crippen LogP contribution is 2.31. The fourth-order valence-corrected chi connectivity index (χ4v) is 3.76. The number of para-hydroxylation sites is 1. The first-order valence-electron chi connectivity index (χ1n) is 9.30. The molecule has 0 aliphatic heterocycles. The maximum atomic E-state index is 12.7. The molecule has 0 aromatic heterocycles. The maximum absolute atomic E-state index is 12.7. The second-order valence-corrected chi connectivity index (χ2v) is 6.94. The van der Waals surface area contributed by atoms with Crippen LogP contribution in [0.2, 0.25) is 0 Å². The summed E-state index contributed by atoms with van der Waals surface area (Å²) >= 11 is 0. The Morgan fingerprint density at radius 2 is 1.93 bits per heavy atom. The van der Waals surface area contributed by atoms with E-state index in [0.717, 1.165) is 30.4 Å². The van der Waals surface area contributed by atoms with Gasteiger partial charge in [-0.2, -0.15) is 0 Å². The number of methoxy groups -OCH3 is 1. The van der Waals surface area contributed by atoms with E-state index in [2.05, 4.69) is 11.4 Å². The van der Waals surface area contributed by atoms with Crippen molar-refractivity contribution in [3.63, 3.8) is 0 Å². The van der Waals surface area contributed by atoms with Gasteiger partial charge in [0.2, 0.25) is 5.91 Å². The Morgan fingerprint density at radius 3 is 2.70 bits per heavy atom. The van der Waals surface area contributed by atoms with Crippen LogP contribution in [0.5, 0.6) is 5.75 Å². The van der Waals surface area contributed by atoms with Gasteiger partial charge >= 0.3 is 5.97 Å². The molecule has 1 aliphatic carbocycles. The van der Waals surface area contributed by atoms with E-state index in [0.29, 0.717) is 12.2 Å². The van der Waals surface area contributed by atoms with Crippen LogP contribution < -0.4 is 10.1 Å². The number of nitrogens with one attached hydrogen (secondary N) is 1. The molecule has 0 radical (unpaired) electrons. The first-order valence-corrected chi connectivity index (χ1v) is 9.30. The number of rotatable bonds is 7. The van der Waals surface area contributed by atoms with Gasteiger partial charge in [-0.05, 0) is 48.4 Å². The molecule has 5 heteroatoms. The van der Waals surface area contributed by atoms with Gasteiger partial charge < -0.3 is 15.2 Å². The number of amides is 1. The van der Waals surface area contributed by atoms with Crippen molar-refractivity contribution in [3.8, 4) is 5.75 Å². The lowest BCUT2D eigenvalue weighted by atomic mass is 9.82. The molecule has 0 spiro atoms. The first-order chi connectivity index (χ1) is 13.1.